The van der Waals surface area contributed by atoms with Gasteiger partial charge < -0.3 is 12.4 Å². The Labute approximate surface area is 107 Å². The third-order valence-corrected chi connectivity index (χ3v) is 0. The molecule has 0 rings (SSSR count). The normalized spacial score (nSPS) is 3.43. The van der Waals surface area contributed by atoms with E-state index in [1.807, 2.05) is 0 Å². The maximum absolute atomic E-state index is 8.74. The molecule has 0 aromatic heterocycles. The fraction of sp³-hybridized carbons (Fsp3) is 0. The Kier molecular flexibility index (Phi) is 51.3. The minimum atomic E-state index is -3.13. The molecule has 0 unspecified atom stereocenters. The molecular formula is H9AlCaO3PbSi. The summed E-state index contributed by atoms with van der Waals surface area (Å²) >= 11 is 0. The van der Waals surface area contributed by atoms with E-state index in [2.05, 4.69) is 0 Å². The molecule has 0 heterocycles. The number of rotatable bonds is 0. The van der Waals surface area contributed by atoms with Crippen LogP contribution >= 0.6 is 0 Å². The van der Waals surface area contributed by atoms with Crippen molar-refractivity contribution in [3.05, 3.63) is 0 Å². The minimum absolute atomic E-state index is 0. The van der Waals surface area contributed by atoms with Crippen LogP contribution in [0.15, 0.2) is 0 Å². The quantitative estimate of drug-likeness (QED) is 0.435. The van der Waals surface area contributed by atoms with E-state index in [4.69, 9.17) is 14.1 Å². The molecule has 0 saturated carbocycles. The molecule has 0 bridgehead atoms. The van der Waals surface area contributed by atoms with Crippen LogP contribution in [0.25, 0.3) is 0 Å². The first-order valence-electron chi connectivity index (χ1n) is 0.651. The zero-order valence-corrected chi connectivity index (χ0v) is 11.9. The second kappa shape index (κ2) is 15.8. The second-order valence-corrected chi connectivity index (χ2v) is 0.848. The van der Waals surface area contributed by atoms with Crippen LogP contribution in [0.2, 0.25) is 0 Å². The summed E-state index contributed by atoms with van der Waals surface area (Å²) in [5, 5.41) is 0. The van der Waals surface area contributed by atoms with Crippen molar-refractivity contribution >= 4 is 91.6 Å². The first-order chi connectivity index (χ1) is 1.73. The molecule has 40 valence electrons. The van der Waals surface area contributed by atoms with Gasteiger partial charge in [0.1, 0.15) is 0 Å². The SMILES string of the molecule is O=[Si](O)O.[AlH3].[Ca+2].[H-].[H-].[PbH2]. The van der Waals surface area contributed by atoms with Gasteiger partial charge in [0.2, 0.25) is 0 Å². The van der Waals surface area contributed by atoms with Crippen molar-refractivity contribution in [2.45, 2.75) is 0 Å². The van der Waals surface area contributed by atoms with Crippen molar-refractivity contribution in [2.75, 3.05) is 0 Å². The molecular weight excluding hydrogens is 350 g/mol. The monoisotopic (exact) mass is 360 g/mol. The van der Waals surface area contributed by atoms with Crippen molar-refractivity contribution in [3.63, 3.8) is 0 Å². The van der Waals surface area contributed by atoms with Crippen LogP contribution in [-0.4, -0.2) is 101 Å². The summed E-state index contributed by atoms with van der Waals surface area (Å²) in [6.07, 6.45) is 0. The van der Waals surface area contributed by atoms with Gasteiger partial charge in [0, 0.05) is 0 Å². The molecule has 0 aliphatic carbocycles. The van der Waals surface area contributed by atoms with Crippen LogP contribution in [0, 0.1) is 0 Å². The summed E-state index contributed by atoms with van der Waals surface area (Å²) in [6.45, 7) is 0. The molecule has 0 aliphatic heterocycles. The van der Waals surface area contributed by atoms with E-state index in [1.165, 1.54) is 0 Å². The summed E-state index contributed by atoms with van der Waals surface area (Å²) in [7, 11) is -3.13. The van der Waals surface area contributed by atoms with Gasteiger partial charge in [-0.05, 0) is 0 Å². The second-order valence-electron chi connectivity index (χ2n) is 0.283. The third-order valence-electron chi connectivity index (χ3n) is 0. The molecule has 0 aliphatic rings. The van der Waals surface area contributed by atoms with Gasteiger partial charge in [0.25, 0.3) is 0 Å². The van der Waals surface area contributed by atoms with Gasteiger partial charge in [-0.15, -0.1) is 0 Å². The van der Waals surface area contributed by atoms with Crippen LogP contribution < -0.4 is 0 Å². The van der Waals surface area contributed by atoms with Crippen LogP contribution in [0.1, 0.15) is 2.85 Å². The van der Waals surface area contributed by atoms with Gasteiger partial charge >= 0.3 is 74.2 Å². The van der Waals surface area contributed by atoms with Gasteiger partial charge in [0.15, 0.2) is 17.4 Å². The maximum atomic E-state index is 8.74. The van der Waals surface area contributed by atoms with E-state index in [1.54, 1.807) is 0 Å². The predicted molar refractivity (Wildman–Crippen MR) is 37.3 cm³/mol. The average molecular weight is 359 g/mol. The molecule has 0 aromatic rings. The van der Waals surface area contributed by atoms with Gasteiger partial charge in [-0.1, -0.05) is 0 Å². The van der Waals surface area contributed by atoms with E-state index in [-0.39, 0.29) is 85.3 Å². The zero-order chi connectivity index (χ0) is 3.58. The van der Waals surface area contributed by atoms with Crippen LogP contribution in [0.5, 0.6) is 0 Å². The van der Waals surface area contributed by atoms with Crippen LogP contribution in [0.4, 0.5) is 0 Å². The van der Waals surface area contributed by atoms with E-state index >= 15 is 0 Å². The number of hydrogen-bond acceptors (Lipinski definition) is 1. The molecule has 0 atom stereocenters. The fourth-order valence-corrected chi connectivity index (χ4v) is 0. The van der Waals surface area contributed by atoms with Gasteiger partial charge in [0.05, 0.1) is 0 Å². The first kappa shape index (κ1) is 22.8. The van der Waals surface area contributed by atoms with E-state index < -0.39 is 9.17 Å². The van der Waals surface area contributed by atoms with E-state index in [0.717, 1.165) is 0 Å². The Morgan fingerprint density at radius 2 is 1.43 bits per heavy atom. The average Bonchev–Trinajstić information content (AvgIpc) is 0.811. The molecule has 0 aromatic carbocycles. The predicted octanol–water partition coefficient (Wildman–Crippen LogP) is -3.87. The van der Waals surface area contributed by atoms with Crippen molar-refractivity contribution in [3.8, 4) is 0 Å². The Balaban J connectivity index is -0.00000000450. The Bertz CT molecular complexity index is 44.8. The summed E-state index contributed by atoms with van der Waals surface area (Å²) < 4.78 is 8.74. The van der Waals surface area contributed by atoms with Crippen molar-refractivity contribution in [2.24, 2.45) is 0 Å². The molecule has 2 N–H and O–H groups in total. The van der Waals surface area contributed by atoms with E-state index in [9.17, 15) is 0 Å². The summed E-state index contributed by atoms with van der Waals surface area (Å²) in [6, 6.07) is 0. The van der Waals surface area contributed by atoms with E-state index in [0.29, 0.717) is 0 Å². The fourth-order valence-electron chi connectivity index (χ4n) is 0. The van der Waals surface area contributed by atoms with Crippen molar-refractivity contribution in [1.29, 1.82) is 0 Å². The van der Waals surface area contributed by atoms with Gasteiger partial charge in [-0.25, -0.2) is 0 Å². The summed E-state index contributed by atoms with van der Waals surface area (Å²) in [5.74, 6) is 0. The molecule has 7 heavy (non-hydrogen) atoms. The molecule has 2 radical (unpaired) electrons. The Hall–Kier alpha value is 2.33. The molecule has 0 fully saturated rings. The third kappa shape index (κ3) is 61.5. The number of hydrogen-bond donors (Lipinski definition) is 2. The molecule has 0 amide bonds. The topological polar surface area (TPSA) is 57.5 Å². The van der Waals surface area contributed by atoms with Crippen LogP contribution in [-0.2, 0) is 4.46 Å². The van der Waals surface area contributed by atoms with Gasteiger partial charge in [-0.3, -0.25) is 4.46 Å². The first-order valence-corrected chi connectivity index (χ1v) is 1.95. The molecule has 3 nitrogen and oxygen atoms in total. The van der Waals surface area contributed by atoms with Gasteiger partial charge in [-0.2, -0.15) is 0 Å². The molecule has 7 heteroatoms. The summed E-state index contributed by atoms with van der Waals surface area (Å²) in [5.41, 5.74) is 0. The summed E-state index contributed by atoms with van der Waals surface area (Å²) in [4.78, 5) is 14.3. The molecule has 0 saturated heterocycles. The Morgan fingerprint density at radius 1 is 1.43 bits per heavy atom. The zero-order valence-electron chi connectivity index (χ0n) is 5.22. The Morgan fingerprint density at radius 3 is 1.43 bits per heavy atom. The molecule has 0 spiro atoms. The van der Waals surface area contributed by atoms with Crippen molar-refractivity contribution < 1.29 is 16.9 Å². The van der Waals surface area contributed by atoms with Crippen molar-refractivity contribution in [1.82, 2.24) is 0 Å². The van der Waals surface area contributed by atoms with Crippen LogP contribution in [0.3, 0.4) is 0 Å². The standard InChI is InChI=1S/Al.Ca.H2O3Si.Pb.7H/c;;1-4(2)3;;;;;;;;/h;;1-2H;;;;;;;;/q;+2;;;;;;;;2*-1.